The van der Waals surface area contributed by atoms with E-state index in [0.29, 0.717) is 0 Å². The first-order chi connectivity index (χ1) is 26.6. The van der Waals surface area contributed by atoms with E-state index < -0.39 is 11.0 Å². The van der Waals surface area contributed by atoms with Crippen LogP contribution in [0.25, 0.3) is 49.9 Å². The normalized spacial score (nSPS) is 18.8. The van der Waals surface area contributed by atoms with Crippen LogP contribution in [0.15, 0.2) is 138 Å². The first-order valence-corrected chi connectivity index (χ1v) is 19.5. The SMILES string of the molecule is Cc1ccc2c(c1)C1(c3c4c(c5cc(C)ccc5c3-2)OC(c2ccccc2)(c2ccc(N3CCCCC3)cc2)C=C4)c2cccc3oc4cccc1c4c23. The van der Waals surface area contributed by atoms with Crippen molar-refractivity contribution in [1.29, 1.82) is 0 Å². The highest BCUT2D eigenvalue weighted by atomic mass is 16.5. The molecule has 2 aliphatic carbocycles. The van der Waals surface area contributed by atoms with Gasteiger partial charge >= 0.3 is 0 Å². The quantitative estimate of drug-likeness (QED) is 0.184. The first-order valence-electron chi connectivity index (χ1n) is 19.5. The van der Waals surface area contributed by atoms with Gasteiger partial charge in [0.2, 0.25) is 0 Å². The maximum atomic E-state index is 7.78. The van der Waals surface area contributed by atoms with E-state index in [2.05, 4.69) is 158 Å². The number of nitrogens with zero attached hydrogens (tertiary/aromatic N) is 1. The number of anilines is 1. The molecule has 3 heterocycles. The highest BCUT2D eigenvalue weighted by Crippen LogP contribution is 2.67. The van der Waals surface area contributed by atoms with Crippen LogP contribution in [0.5, 0.6) is 5.75 Å². The second-order valence-electron chi connectivity index (χ2n) is 15.9. The number of hydrogen-bond acceptors (Lipinski definition) is 3. The number of piperidine rings is 1. The Bertz CT molecular complexity index is 2850. The molecule has 8 aromatic rings. The molecule has 0 amide bonds. The van der Waals surface area contributed by atoms with Crippen LogP contribution in [0.1, 0.15) is 69.3 Å². The lowest BCUT2D eigenvalue weighted by molar-refractivity contribution is 0.163. The van der Waals surface area contributed by atoms with E-state index in [1.807, 2.05) is 0 Å². The van der Waals surface area contributed by atoms with E-state index in [9.17, 15) is 0 Å². The zero-order chi connectivity index (χ0) is 35.8. The molecule has 0 N–H and O–H groups in total. The van der Waals surface area contributed by atoms with Crippen molar-refractivity contribution in [2.75, 3.05) is 18.0 Å². The summed E-state index contributed by atoms with van der Waals surface area (Å²) in [5, 5.41) is 4.84. The number of fused-ring (bicyclic) bond motifs is 12. The van der Waals surface area contributed by atoms with Gasteiger partial charge in [-0.05, 0) is 108 Å². The van der Waals surface area contributed by atoms with Gasteiger partial charge in [0, 0.05) is 51.6 Å². The van der Waals surface area contributed by atoms with E-state index in [4.69, 9.17) is 9.15 Å². The molecule has 2 aliphatic heterocycles. The molecule has 1 saturated heterocycles. The second kappa shape index (κ2) is 10.8. The molecule has 0 radical (unpaired) electrons. The fourth-order valence-electron chi connectivity index (χ4n) is 10.7. The third-order valence-corrected chi connectivity index (χ3v) is 13.0. The van der Waals surface area contributed by atoms with Crippen molar-refractivity contribution in [2.45, 2.75) is 44.1 Å². The summed E-state index contributed by atoms with van der Waals surface area (Å²) in [7, 11) is 0. The van der Waals surface area contributed by atoms with Crippen molar-refractivity contribution < 1.29 is 9.15 Å². The van der Waals surface area contributed by atoms with Gasteiger partial charge in [-0.15, -0.1) is 0 Å². The topological polar surface area (TPSA) is 25.6 Å². The molecule has 0 saturated carbocycles. The number of aryl methyl sites for hydroxylation is 2. The van der Waals surface area contributed by atoms with Gasteiger partial charge in [-0.1, -0.05) is 114 Å². The van der Waals surface area contributed by atoms with E-state index in [0.717, 1.165) is 52.1 Å². The minimum absolute atomic E-state index is 0.531. The van der Waals surface area contributed by atoms with Crippen LogP contribution in [0.4, 0.5) is 5.69 Å². The Hall–Kier alpha value is -6.06. The average Bonchev–Trinajstić information content (AvgIpc) is 3.86. The third kappa shape index (κ3) is 3.77. The fourth-order valence-corrected chi connectivity index (χ4v) is 10.7. The van der Waals surface area contributed by atoms with E-state index >= 15 is 0 Å². The van der Waals surface area contributed by atoms with Crippen molar-refractivity contribution >= 4 is 44.5 Å². The zero-order valence-corrected chi connectivity index (χ0v) is 30.6. The summed E-state index contributed by atoms with van der Waals surface area (Å²) in [5.74, 6) is 0.943. The summed E-state index contributed by atoms with van der Waals surface area (Å²) in [6.07, 6.45) is 8.57. The van der Waals surface area contributed by atoms with Gasteiger partial charge < -0.3 is 14.1 Å². The van der Waals surface area contributed by atoms with E-state index in [1.54, 1.807) is 0 Å². The smallest absolute Gasteiger partial charge is 0.178 e. The van der Waals surface area contributed by atoms with Crippen LogP contribution in [0.3, 0.4) is 0 Å². The molecule has 1 aromatic heterocycles. The molecule has 12 rings (SSSR count). The molecule has 54 heavy (non-hydrogen) atoms. The number of furan rings is 1. The van der Waals surface area contributed by atoms with Crippen molar-refractivity contribution in [3.05, 3.63) is 184 Å². The Morgan fingerprint density at radius 2 is 1.28 bits per heavy atom. The van der Waals surface area contributed by atoms with Gasteiger partial charge in [-0.2, -0.15) is 0 Å². The predicted molar refractivity (Wildman–Crippen MR) is 221 cm³/mol. The molecule has 260 valence electrons. The van der Waals surface area contributed by atoms with Gasteiger partial charge in [0.25, 0.3) is 0 Å². The standard InChI is InChI=1S/C51H39NO2/c1-31-17-23-36-39(29-31)49-38(25-26-50(54-49,33-11-5-3-6-12-33)34-19-21-35(22-20-34)52-27-7-4-8-28-52)48-45(36)37-24-18-32(2)30-42(37)51(48)40-13-9-15-43-46(40)47-41(51)14-10-16-44(47)53-43/h3,5-6,9-26,29-30H,4,7-8,27-28H2,1-2H3. The monoisotopic (exact) mass is 697 g/mol. The maximum absolute atomic E-state index is 7.78. The summed E-state index contributed by atoms with van der Waals surface area (Å²) < 4.78 is 14.3. The second-order valence-corrected chi connectivity index (χ2v) is 15.9. The number of ether oxygens (including phenoxy) is 1. The van der Waals surface area contributed by atoms with Gasteiger partial charge in [0.05, 0.1) is 5.41 Å². The molecule has 0 bridgehead atoms. The molecule has 3 heteroatoms. The predicted octanol–water partition coefficient (Wildman–Crippen LogP) is 12.4. The molecule has 1 unspecified atom stereocenters. The van der Waals surface area contributed by atoms with Crippen LogP contribution in [0.2, 0.25) is 0 Å². The third-order valence-electron chi connectivity index (χ3n) is 13.0. The lowest BCUT2D eigenvalue weighted by Crippen LogP contribution is -2.36. The molecule has 4 aliphatic rings. The number of benzene rings is 7. The van der Waals surface area contributed by atoms with E-state index in [-0.39, 0.29) is 0 Å². The summed E-state index contributed by atoms with van der Waals surface area (Å²) in [6, 6.07) is 47.3. The average molecular weight is 698 g/mol. The summed E-state index contributed by atoms with van der Waals surface area (Å²) in [5.41, 5.74) is 15.5. The fraction of sp³-hybridized carbons (Fsp3) is 0.176. The Morgan fingerprint density at radius 1 is 0.593 bits per heavy atom. The maximum Gasteiger partial charge on any atom is 0.178 e. The van der Waals surface area contributed by atoms with Crippen LogP contribution in [-0.4, -0.2) is 13.1 Å². The van der Waals surface area contributed by atoms with Crippen LogP contribution >= 0.6 is 0 Å². The van der Waals surface area contributed by atoms with E-state index in [1.165, 1.54) is 85.6 Å². The minimum atomic E-state index is -0.820. The lowest BCUT2D eigenvalue weighted by atomic mass is 9.67. The molecule has 3 nitrogen and oxygen atoms in total. The Labute approximate surface area is 315 Å². The molecular formula is C51H39NO2. The van der Waals surface area contributed by atoms with Crippen molar-refractivity contribution in [2.24, 2.45) is 0 Å². The van der Waals surface area contributed by atoms with Crippen molar-refractivity contribution in [1.82, 2.24) is 0 Å². The van der Waals surface area contributed by atoms with Crippen molar-refractivity contribution in [3.63, 3.8) is 0 Å². The van der Waals surface area contributed by atoms with Crippen LogP contribution in [0, 0.1) is 13.8 Å². The largest absolute Gasteiger partial charge is 0.472 e. The van der Waals surface area contributed by atoms with Crippen molar-refractivity contribution in [3.8, 4) is 16.9 Å². The van der Waals surface area contributed by atoms with Gasteiger partial charge in [-0.3, -0.25) is 0 Å². The Balaban J connectivity index is 1.18. The Kier molecular flexibility index (Phi) is 6.06. The highest BCUT2D eigenvalue weighted by molar-refractivity contribution is 6.18. The van der Waals surface area contributed by atoms with Gasteiger partial charge in [-0.25, -0.2) is 0 Å². The minimum Gasteiger partial charge on any atom is -0.472 e. The highest BCUT2D eigenvalue weighted by Gasteiger charge is 2.54. The molecular weight excluding hydrogens is 659 g/mol. The van der Waals surface area contributed by atoms with Crippen LogP contribution in [-0.2, 0) is 11.0 Å². The number of hydrogen-bond donors (Lipinski definition) is 0. The summed E-state index contributed by atoms with van der Waals surface area (Å²) in [6.45, 7) is 6.65. The lowest BCUT2D eigenvalue weighted by Gasteiger charge is -2.39. The zero-order valence-electron chi connectivity index (χ0n) is 30.6. The molecule has 1 fully saturated rings. The summed E-state index contributed by atoms with van der Waals surface area (Å²) in [4.78, 5) is 2.53. The molecule has 1 spiro atoms. The van der Waals surface area contributed by atoms with Crippen LogP contribution < -0.4 is 9.64 Å². The number of rotatable bonds is 3. The first kappa shape index (κ1) is 30.4. The van der Waals surface area contributed by atoms with Gasteiger partial charge in [0.15, 0.2) is 5.60 Å². The molecule has 1 atom stereocenters. The molecule has 7 aromatic carbocycles. The van der Waals surface area contributed by atoms with Gasteiger partial charge in [0.1, 0.15) is 16.9 Å². The summed E-state index contributed by atoms with van der Waals surface area (Å²) >= 11 is 0. The Morgan fingerprint density at radius 3 is 2.02 bits per heavy atom.